The Hall–Kier alpha value is -2.95. The van der Waals surface area contributed by atoms with Gasteiger partial charge in [-0.25, -0.2) is 4.79 Å². The van der Waals surface area contributed by atoms with Gasteiger partial charge in [0, 0.05) is 12.6 Å². The van der Waals surface area contributed by atoms with Gasteiger partial charge in [0.1, 0.15) is 0 Å². The predicted octanol–water partition coefficient (Wildman–Crippen LogP) is 1.39. The monoisotopic (exact) mass is 280 g/mol. The highest BCUT2D eigenvalue weighted by Crippen LogP contribution is 2.07. The molecule has 0 amide bonds. The summed E-state index contributed by atoms with van der Waals surface area (Å²) in [6.07, 6.45) is 0. The number of para-hydroxylation sites is 1. The van der Waals surface area contributed by atoms with Crippen molar-refractivity contribution in [2.45, 2.75) is 0 Å². The Balaban J connectivity index is 2.37. The number of carbonyl (C=O) groups excluding carboxylic acids is 1. The average Bonchev–Trinajstić information content (AvgIpc) is 2.53. The van der Waals surface area contributed by atoms with Crippen molar-refractivity contribution in [3.05, 3.63) is 81.0 Å². The van der Waals surface area contributed by atoms with Gasteiger partial charge in [-0.2, -0.15) is 4.57 Å². The maximum absolute atomic E-state index is 12.4. The summed E-state index contributed by atoms with van der Waals surface area (Å²) in [6, 6.07) is 15.0. The Labute approximate surface area is 119 Å². The molecule has 3 rings (SSSR count). The molecule has 21 heavy (non-hydrogen) atoms. The largest absolute Gasteiger partial charge is 0.338 e. The summed E-state index contributed by atoms with van der Waals surface area (Å²) in [4.78, 5) is 37.2. The molecule has 0 saturated carbocycles. The predicted molar refractivity (Wildman–Crippen MR) is 79.6 cm³/mol. The van der Waals surface area contributed by atoms with Gasteiger partial charge in [0.2, 0.25) is 0 Å². The van der Waals surface area contributed by atoms with E-state index in [1.807, 2.05) is 0 Å². The molecule has 1 aromatic heterocycles. The molecular formula is C16H12N2O3. The van der Waals surface area contributed by atoms with Crippen LogP contribution in [0.2, 0.25) is 0 Å². The highest BCUT2D eigenvalue weighted by molar-refractivity contribution is 5.96. The van der Waals surface area contributed by atoms with Gasteiger partial charge in [-0.3, -0.25) is 14.2 Å². The molecule has 0 radical (unpaired) electrons. The first-order valence-corrected chi connectivity index (χ1v) is 6.42. The van der Waals surface area contributed by atoms with Crippen molar-refractivity contribution >= 4 is 16.8 Å². The third-order valence-corrected chi connectivity index (χ3v) is 3.40. The van der Waals surface area contributed by atoms with Crippen LogP contribution in [0.3, 0.4) is 0 Å². The Morgan fingerprint density at radius 3 is 2.24 bits per heavy atom. The number of aryl methyl sites for hydroxylation is 1. The van der Waals surface area contributed by atoms with E-state index in [0.29, 0.717) is 21.0 Å². The van der Waals surface area contributed by atoms with E-state index in [2.05, 4.69) is 0 Å². The molecule has 1 heterocycles. The number of hydrogen-bond acceptors (Lipinski definition) is 3. The Bertz CT molecular complexity index is 953. The zero-order valence-electron chi connectivity index (χ0n) is 11.3. The van der Waals surface area contributed by atoms with Crippen LogP contribution in [-0.2, 0) is 7.05 Å². The fourth-order valence-electron chi connectivity index (χ4n) is 2.30. The lowest BCUT2D eigenvalue weighted by Crippen LogP contribution is -2.43. The zero-order valence-corrected chi connectivity index (χ0v) is 11.3. The summed E-state index contributed by atoms with van der Waals surface area (Å²) in [5.41, 5.74) is -0.438. The summed E-state index contributed by atoms with van der Waals surface area (Å²) in [6.45, 7) is 0. The first-order valence-electron chi connectivity index (χ1n) is 6.42. The van der Waals surface area contributed by atoms with Gasteiger partial charge in [0.15, 0.2) is 0 Å². The first kappa shape index (κ1) is 13.1. The molecule has 0 atom stereocenters. The minimum atomic E-state index is -0.646. The molecule has 0 aliphatic heterocycles. The van der Waals surface area contributed by atoms with Crippen LogP contribution in [0.4, 0.5) is 0 Å². The van der Waals surface area contributed by atoms with Crippen LogP contribution in [0.1, 0.15) is 10.4 Å². The molecule has 0 bridgehead atoms. The van der Waals surface area contributed by atoms with Crippen LogP contribution in [0.25, 0.3) is 10.9 Å². The zero-order chi connectivity index (χ0) is 15.0. The standard InChI is InChI=1S/C16H12N2O3/c1-17-13-10-6-5-9-12(13)15(20)18(16(17)21)14(19)11-7-3-2-4-8-11/h2-10H,1H3. The smallest absolute Gasteiger partial charge is 0.296 e. The van der Waals surface area contributed by atoms with Crippen molar-refractivity contribution in [3.8, 4) is 0 Å². The molecule has 0 unspecified atom stereocenters. The van der Waals surface area contributed by atoms with Crippen molar-refractivity contribution in [2.75, 3.05) is 0 Å². The fourth-order valence-corrected chi connectivity index (χ4v) is 2.30. The van der Waals surface area contributed by atoms with Crippen LogP contribution in [0, 0.1) is 0 Å². The third-order valence-electron chi connectivity index (χ3n) is 3.40. The molecular weight excluding hydrogens is 268 g/mol. The number of benzene rings is 2. The van der Waals surface area contributed by atoms with E-state index < -0.39 is 17.2 Å². The molecule has 0 spiro atoms. The Morgan fingerprint density at radius 2 is 1.52 bits per heavy atom. The Morgan fingerprint density at radius 1 is 0.905 bits per heavy atom. The summed E-state index contributed by atoms with van der Waals surface area (Å²) in [5.74, 6) is -0.619. The van der Waals surface area contributed by atoms with E-state index in [1.54, 1.807) is 61.6 Å². The topological polar surface area (TPSA) is 61.1 Å². The molecule has 2 aromatic carbocycles. The Kier molecular flexibility index (Phi) is 3.02. The number of carbonyl (C=O) groups is 1. The van der Waals surface area contributed by atoms with Crippen molar-refractivity contribution in [1.29, 1.82) is 0 Å². The minimum Gasteiger partial charge on any atom is -0.296 e. The van der Waals surface area contributed by atoms with E-state index in [1.165, 1.54) is 4.57 Å². The molecule has 0 fully saturated rings. The van der Waals surface area contributed by atoms with E-state index in [4.69, 9.17) is 0 Å². The molecule has 5 nitrogen and oxygen atoms in total. The highest BCUT2D eigenvalue weighted by Gasteiger charge is 2.17. The summed E-state index contributed by atoms with van der Waals surface area (Å²) in [7, 11) is 1.54. The van der Waals surface area contributed by atoms with Crippen molar-refractivity contribution in [3.63, 3.8) is 0 Å². The normalized spacial score (nSPS) is 10.7. The quantitative estimate of drug-likeness (QED) is 0.676. The highest BCUT2D eigenvalue weighted by atomic mass is 16.2. The minimum absolute atomic E-state index is 0.298. The van der Waals surface area contributed by atoms with Gasteiger partial charge in [-0.15, -0.1) is 0 Å². The van der Waals surface area contributed by atoms with Gasteiger partial charge in [-0.1, -0.05) is 30.3 Å². The summed E-state index contributed by atoms with van der Waals surface area (Å²) >= 11 is 0. The lowest BCUT2D eigenvalue weighted by molar-refractivity contribution is 0.0950. The van der Waals surface area contributed by atoms with Crippen LogP contribution in [0.5, 0.6) is 0 Å². The molecule has 104 valence electrons. The second kappa shape index (κ2) is 4.86. The first-order chi connectivity index (χ1) is 10.1. The van der Waals surface area contributed by atoms with Crippen LogP contribution < -0.4 is 11.2 Å². The maximum atomic E-state index is 12.4. The molecule has 5 heteroatoms. The molecule has 3 aromatic rings. The second-order valence-electron chi connectivity index (χ2n) is 4.67. The van der Waals surface area contributed by atoms with Crippen molar-refractivity contribution in [1.82, 2.24) is 9.13 Å². The number of aromatic nitrogens is 2. The number of fused-ring (bicyclic) bond motifs is 1. The molecule has 0 saturated heterocycles. The van der Waals surface area contributed by atoms with Crippen LogP contribution in [0.15, 0.2) is 64.2 Å². The lowest BCUT2D eigenvalue weighted by atomic mass is 10.2. The lowest BCUT2D eigenvalue weighted by Gasteiger charge is -2.09. The summed E-state index contributed by atoms with van der Waals surface area (Å²) in [5, 5.41) is 0.337. The fraction of sp³-hybridized carbons (Fsp3) is 0.0625. The molecule has 0 N–H and O–H groups in total. The van der Waals surface area contributed by atoms with Crippen LogP contribution >= 0.6 is 0 Å². The van der Waals surface area contributed by atoms with Gasteiger partial charge in [-0.05, 0) is 24.3 Å². The molecule has 0 aliphatic rings. The van der Waals surface area contributed by atoms with E-state index >= 15 is 0 Å². The maximum Gasteiger partial charge on any atom is 0.338 e. The molecule has 0 aliphatic carbocycles. The van der Waals surface area contributed by atoms with E-state index in [9.17, 15) is 14.4 Å². The van der Waals surface area contributed by atoms with E-state index in [-0.39, 0.29) is 0 Å². The average molecular weight is 280 g/mol. The van der Waals surface area contributed by atoms with Gasteiger partial charge < -0.3 is 0 Å². The SMILES string of the molecule is Cn1c(=O)n(C(=O)c2ccccc2)c(=O)c2ccccc21. The number of nitrogens with zero attached hydrogens (tertiary/aromatic N) is 2. The van der Waals surface area contributed by atoms with Crippen molar-refractivity contribution in [2.24, 2.45) is 7.05 Å². The van der Waals surface area contributed by atoms with Gasteiger partial charge in [0.25, 0.3) is 11.5 Å². The van der Waals surface area contributed by atoms with E-state index in [0.717, 1.165) is 0 Å². The van der Waals surface area contributed by atoms with Gasteiger partial charge >= 0.3 is 5.69 Å². The number of hydrogen-bond donors (Lipinski definition) is 0. The van der Waals surface area contributed by atoms with Crippen molar-refractivity contribution < 1.29 is 4.79 Å². The third kappa shape index (κ3) is 1.99. The summed E-state index contributed by atoms with van der Waals surface area (Å²) < 4.78 is 1.98. The number of rotatable bonds is 1. The second-order valence-corrected chi connectivity index (χ2v) is 4.67. The van der Waals surface area contributed by atoms with Gasteiger partial charge in [0.05, 0.1) is 10.9 Å². The van der Waals surface area contributed by atoms with Crippen LogP contribution in [-0.4, -0.2) is 15.0 Å².